The zero-order chi connectivity index (χ0) is 38.4. The number of nitrogens with one attached hydrogen (secondary N) is 4. The van der Waals surface area contributed by atoms with Crippen molar-refractivity contribution >= 4 is 80.9 Å². The molecule has 0 aliphatic carbocycles. The summed E-state index contributed by atoms with van der Waals surface area (Å²) in [7, 11) is 3.39. The van der Waals surface area contributed by atoms with E-state index in [2.05, 4.69) is 42.6 Å². The van der Waals surface area contributed by atoms with Gasteiger partial charge >= 0.3 is 0 Å². The highest BCUT2D eigenvalue weighted by molar-refractivity contribution is 8.76. The highest BCUT2D eigenvalue weighted by atomic mass is 33.1. The minimum absolute atomic E-state index is 0.0482. The maximum Gasteiger partial charge on any atom is 0.221 e. The van der Waals surface area contributed by atoms with Crippen molar-refractivity contribution in [2.24, 2.45) is 0 Å². The van der Waals surface area contributed by atoms with E-state index in [-0.39, 0.29) is 23.6 Å². The van der Waals surface area contributed by atoms with Crippen molar-refractivity contribution in [1.29, 1.82) is 0 Å². The van der Waals surface area contributed by atoms with E-state index in [1.54, 1.807) is 21.6 Å². The number of anilines is 2. The van der Waals surface area contributed by atoms with Crippen molar-refractivity contribution < 1.29 is 28.3 Å². The van der Waals surface area contributed by atoms with Gasteiger partial charge in [-0.1, -0.05) is 45.9 Å². The molecule has 0 unspecified atom stereocenters. The van der Waals surface area contributed by atoms with Gasteiger partial charge in [-0.05, 0) is 59.7 Å². The Balaban J connectivity index is 1.03. The lowest BCUT2D eigenvalue weighted by atomic mass is 10.1. The van der Waals surface area contributed by atoms with Crippen LogP contribution in [0.1, 0.15) is 62.0 Å². The van der Waals surface area contributed by atoms with E-state index < -0.39 is 0 Å². The zero-order valence-electron chi connectivity index (χ0n) is 31.0. The fraction of sp³-hybridized carbons (Fsp3) is 0.286. The molecule has 4 amide bonds. The van der Waals surface area contributed by atoms with E-state index in [0.717, 1.165) is 71.3 Å². The molecule has 4 aromatic rings. The lowest BCUT2D eigenvalue weighted by molar-refractivity contribution is -0.699. The number of aromatic nitrogens is 2. The Bertz CT molecular complexity index is 1740. The van der Waals surface area contributed by atoms with Crippen LogP contribution in [0.3, 0.4) is 0 Å². The number of rotatable bonds is 21. The molecule has 0 saturated carbocycles. The average Bonchev–Trinajstić information content (AvgIpc) is 3.16. The highest BCUT2D eigenvalue weighted by Gasteiger charge is 2.10. The second kappa shape index (κ2) is 23.5. The fourth-order valence-electron chi connectivity index (χ4n) is 5.39. The number of hydrogen-bond donors (Lipinski definition) is 4. The lowest BCUT2D eigenvalue weighted by Crippen LogP contribution is -2.37. The first-order valence-electron chi connectivity index (χ1n) is 18.1. The molecule has 10 nitrogen and oxygen atoms in total. The Morgan fingerprint density at radius 1 is 0.556 bits per heavy atom. The number of amides is 4. The molecule has 0 atom stereocenters. The molecule has 12 heteroatoms. The van der Waals surface area contributed by atoms with Crippen molar-refractivity contribution in [1.82, 2.24) is 10.6 Å². The summed E-state index contributed by atoms with van der Waals surface area (Å²) in [4.78, 5) is 47.3. The summed E-state index contributed by atoms with van der Waals surface area (Å²) in [5, 5.41) is 11.6. The first-order chi connectivity index (χ1) is 26.2. The SMILES string of the molecule is CC(=O)Nc1ccc(/C=C/c2cccc[n+]2CCCC(=O)NCCSSCCNC(=O)CCC[n+]2ccccc2/C=C/c2ccc(NC(C)=O)cc2)cc1. The van der Waals surface area contributed by atoms with Crippen LogP contribution in [0.25, 0.3) is 24.3 Å². The second-order valence-corrected chi connectivity index (χ2v) is 15.2. The van der Waals surface area contributed by atoms with Gasteiger partial charge in [-0.3, -0.25) is 19.2 Å². The maximum absolute atomic E-state index is 12.4. The molecule has 4 rings (SSSR count). The van der Waals surface area contributed by atoms with E-state index in [1.165, 1.54) is 13.8 Å². The molecule has 2 aromatic heterocycles. The third-order valence-electron chi connectivity index (χ3n) is 8.01. The van der Waals surface area contributed by atoms with Crippen molar-refractivity contribution in [3.63, 3.8) is 0 Å². The van der Waals surface area contributed by atoms with Crippen molar-refractivity contribution in [2.45, 2.75) is 52.6 Å². The normalized spacial score (nSPS) is 11.1. The fourth-order valence-corrected chi connectivity index (χ4v) is 7.21. The molecular formula is C42H50N6O4S2+2. The van der Waals surface area contributed by atoms with E-state index in [1.807, 2.05) is 109 Å². The number of hydrogen-bond acceptors (Lipinski definition) is 6. The van der Waals surface area contributed by atoms with E-state index in [9.17, 15) is 19.2 Å². The van der Waals surface area contributed by atoms with Crippen LogP contribution >= 0.6 is 21.6 Å². The van der Waals surface area contributed by atoms with Crippen LogP contribution in [0.2, 0.25) is 0 Å². The number of aryl methyl sites for hydroxylation is 2. The summed E-state index contributed by atoms with van der Waals surface area (Å²) in [6.07, 6.45) is 14.6. The second-order valence-electron chi connectivity index (χ2n) is 12.5. The minimum Gasteiger partial charge on any atom is -0.355 e. The molecule has 0 fully saturated rings. The summed E-state index contributed by atoms with van der Waals surface area (Å²) in [6.45, 7) is 5.65. The molecule has 2 heterocycles. The first-order valence-corrected chi connectivity index (χ1v) is 20.6. The summed E-state index contributed by atoms with van der Waals surface area (Å²) in [5.74, 6) is 1.50. The molecule has 54 heavy (non-hydrogen) atoms. The highest BCUT2D eigenvalue weighted by Crippen LogP contribution is 2.19. The number of nitrogens with zero attached hydrogens (tertiary/aromatic N) is 2. The number of pyridine rings is 2. The standard InChI is InChI=1S/C42H48N6O4S2/c1-33(49)45-37-19-13-35(14-20-37)17-23-39-9-3-5-27-47(39)29-7-11-41(51)43-25-31-53-54-32-26-44-42(52)12-8-30-48-28-6-4-10-40(48)24-18-36-15-21-38(22-16-36)46-34(2)50/h3-6,9-10,13-24,27-28H,7-8,11-12,25-26,29-32H2,1-2H3,(H2,43,44,51,52)/p+2. The van der Waals surface area contributed by atoms with Gasteiger partial charge in [0.2, 0.25) is 35.0 Å². The molecule has 0 spiro atoms. The molecule has 0 aliphatic rings. The van der Waals surface area contributed by atoms with Crippen LogP contribution in [-0.4, -0.2) is 48.2 Å². The molecule has 2 aromatic carbocycles. The van der Waals surface area contributed by atoms with Gasteiger partial charge in [0, 0.05) is 112 Å². The monoisotopic (exact) mass is 766 g/mol. The van der Waals surface area contributed by atoms with E-state index in [0.29, 0.717) is 25.9 Å². The average molecular weight is 767 g/mol. The van der Waals surface area contributed by atoms with Crippen LogP contribution < -0.4 is 30.4 Å². The van der Waals surface area contributed by atoms with Crippen LogP contribution in [-0.2, 0) is 32.3 Å². The summed E-state index contributed by atoms with van der Waals surface area (Å²) in [5.41, 5.74) is 5.68. The number of carbonyl (C=O) groups is 4. The zero-order valence-corrected chi connectivity index (χ0v) is 32.6. The Hall–Kier alpha value is -5.20. The smallest absolute Gasteiger partial charge is 0.221 e. The van der Waals surface area contributed by atoms with E-state index in [4.69, 9.17) is 0 Å². The number of carbonyl (C=O) groups excluding carboxylic acids is 4. The van der Waals surface area contributed by atoms with Crippen LogP contribution in [0.15, 0.2) is 97.3 Å². The summed E-state index contributed by atoms with van der Waals surface area (Å²) in [6, 6.07) is 27.4. The van der Waals surface area contributed by atoms with Gasteiger partial charge in [0.1, 0.15) is 13.1 Å². The molecular weight excluding hydrogens is 717 g/mol. The third kappa shape index (κ3) is 16.2. The van der Waals surface area contributed by atoms with Crippen LogP contribution in [0.5, 0.6) is 0 Å². The molecule has 4 N–H and O–H groups in total. The van der Waals surface area contributed by atoms with Crippen molar-refractivity contribution in [2.75, 3.05) is 35.2 Å². The topological polar surface area (TPSA) is 124 Å². The Kier molecular flexibility index (Phi) is 18.1. The van der Waals surface area contributed by atoms with Crippen LogP contribution in [0.4, 0.5) is 11.4 Å². The Labute approximate surface area is 326 Å². The van der Waals surface area contributed by atoms with Gasteiger partial charge in [0.25, 0.3) is 0 Å². The van der Waals surface area contributed by atoms with Gasteiger partial charge in [-0.25, -0.2) is 0 Å². The van der Waals surface area contributed by atoms with E-state index >= 15 is 0 Å². The molecule has 0 aliphatic heterocycles. The molecule has 282 valence electrons. The Morgan fingerprint density at radius 2 is 0.963 bits per heavy atom. The lowest BCUT2D eigenvalue weighted by Gasteiger charge is -2.06. The van der Waals surface area contributed by atoms with Gasteiger partial charge < -0.3 is 21.3 Å². The predicted octanol–water partition coefficient (Wildman–Crippen LogP) is 6.39. The molecule has 0 bridgehead atoms. The quantitative estimate of drug-likeness (QED) is 0.0443. The van der Waals surface area contributed by atoms with Gasteiger partial charge in [-0.15, -0.1) is 0 Å². The first kappa shape index (κ1) is 41.6. The number of benzene rings is 2. The Morgan fingerprint density at radius 3 is 1.35 bits per heavy atom. The maximum atomic E-state index is 12.4. The van der Waals surface area contributed by atoms with Crippen LogP contribution in [0, 0.1) is 0 Å². The van der Waals surface area contributed by atoms with Gasteiger partial charge in [0.05, 0.1) is 0 Å². The minimum atomic E-state index is -0.0951. The third-order valence-corrected chi connectivity index (χ3v) is 10.4. The molecule has 0 radical (unpaired) electrons. The van der Waals surface area contributed by atoms with Gasteiger partial charge in [0.15, 0.2) is 12.4 Å². The van der Waals surface area contributed by atoms with Crippen molar-refractivity contribution in [3.8, 4) is 0 Å². The predicted molar refractivity (Wildman–Crippen MR) is 222 cm³/mol. The molecule has 0 saturated heterocycles. The van der Waals surface area contributed by atoms with Gasteiger partial charge in [-0.2, -0.15) is 9.13 Å². The summed E-state index contributed by atoms with van der Waals surface area (Å²) < 4.78 is 4.27. The largest absolute Gasteiger partial charge is 0.355 e. The summed E-state index contributed by atoms with van der Waals surface area (Å²) >= 11 is 0. The van der Waals surface area contributed by atoms with Crippen molar-refractivity contribution in [3.05, 3.63) is 120 Å².